The van der Waals surface area contributed by atoms with E-state index in [0.29, 0.717) is 17.1 Å². The van der Waals surface area contributed by atoms with Crippen LogP contribution in [0.2, 0.25) is 5.02 Å². The molecule has 1 aliphatic heterocycles. The van der Waals surface area contributed by atoms with E-state index in [2.05, 4.69) is 18.0 Å². The lowest BCUT2D eigenvalue weighted by molar-refractivity contribution is -0.133. The fourth-order valence-corrected chi connectivity index (χ4v) is 5.29. The largest absolute Gasteiger partial charge is 0.497 e. The number of halogens is 1. The Labute approximate surface area is 202 Å². The van der Waals surface area contributed by atoms with Crippen LogP contribution < -0.4 is 4.74 Å². The van der Waals surface area contributed by atoms with Crippen molar-refractivity contribution < 1.29 is 14.3 Å². The number of carbonyl (C=O) groups excluding carboxylic acids is 2. The van der Waals surface area contributed by atoms with Gasteiger partial charge in [0.2, 0.25) is 5.91 Å². The molecule has 1 aliphatic rings. The summed E-state index contributed by atoms with van der Waals surface area (Å²) in [5, 5.41) is 2.43. The third kappa shape index (κ3) is 4.82. The molecule has 2 heterocycles. The van der Waals surface area contributed by atoms with Gasteiger partial charge >= 0.3 is 0 Å². The van der Waals surface area contributed by atoms with E-state index in [-0.39, 0.29) is 30.9 Å². The number of ether oxygens (including phenoxy) is 1. The van der Waals surface area contributed by atoms with Crippen molar-refractivity contribution in [3.63, 3.8) is 0 Å². The second-order valence-electron chi connectivity index (χ2n) is 7.77. The van der Waals surface area contributed by atoms with Crippen LogP contribution in [0.5, 0.6) is 5.75 Å². The molecule has 0 N–H and O–H groups in total. The average Bonchev–Trinajstić information content (AvgIpc) is 3.32. The Morgan fingerprint density at radius 2 is 1.97 bits per heavy atom. The van der Waals surface area contributed by atoms with E-state index >= 15 is 0 Å². The molecule has 1 atom stereocenters. The van der Waals surface area contributed by atoms with Crippen molar-refractivity contribution in [1.82, 2.24) is 9.80 Å². The van der Waals surface area contributed by atoms with E-state index in [1.54, 1.807) is 48.8 Å². The lowest BCUT2D eigenvalue weighted by Gasteiger charge is -2.37. The van der Waals surface area contributed by atoms with Crippen LogP contribution in [0, 0.1) is 0 Å². The maximum atomic E-state index is 13.6. The first-order chi connectivity index (χ1) is 16.0. The highest BCUT2D eigenvalue weighted by Crippen LogP contribution is 2.38. The second kappa shape index (κ2) is 10.2. The lowest BCUT2D eigenvalue weighted by Crippen LogP contribution is -2.46. The molecule has 0 spiro atoms. The molecule has 5 nitrogen and oxygen atoms in total. The number of carbonyl (C=O) groups is 2. The van der Waals surface area contributed by atoms with Gasteiger partial charge in [0.1, 0.15) is 12.3 Å². The Bertz CT molecular complexity index is 1160. The van der Waals surface area contributed by atoms with Crippen LogP contribution in [0.4, 0.5) is 0 Å². The number of fused-ring (bicyclic) bond motifs is 1. The normalized spacial score (nSPS) is 15.0. The molecule has 3 aromatic rings. The molecule has 7 heteroatoms. The van der Waals surface area contributed by atoms with Crippen LogP contribution in [-0.2, 0) is 11.2 Å². The molecule has 0 saturated heterocycles. The molecular weight excluding hydrogens is 456 g/mol. The standard InChI is InChI=1S/C26H25ClN2O3S/c1-3-14-28(26(31)20-6-4-5-7-22(20)27)17-24(30)29-15-12-23-21(13-16-33-23)25(29)18-8-10-19(32-2)11-9-18/h3-11,13,16,25H,1,12,14-15,17H2,2H3. The third-order valence-electron chi connectivity index (χ3n) is 5.78. The van der Waals surface area contributed by atoms with Crippen molar-refractivity contribution in [3.05, 3.63) is 99.2 Å². The predicted octanol–water partition coefficient (Wildman–Crippen LogP) is 5.21. The summed E-state index contributed by atoms with van der Waals surface area (Å²) in [5.41, 5.74) is 2.52. The summed E-state index contributed by atoms with van der Waals surface area (Å²) in [4.78, 5) is 31.4. The first kappa shape index (κ1) is 23.1. The topological polar surface area (TPSA) is 49.9 Å². The van der Waals surface area contributed by atoms with Crippen molar-refractivity contribution in [3.8, 4) is 5.75 Å². The molecular formula is C26H25ClN2O3S. The lowest BCUT2D eigenvalue weighted by atomic mass is 9.93. The molecule has 2 amide bonds. The molecule has 1 aromatic heterocycles. The molecule has 2 aromatic carbocycles. The molecule has 0 radical (unpaired) electrons. The van der Waals surface area contributed by atoms with Gasteiger partial charge < -0.3 is 14.5 Å². The summed E-state index contributed by atoms with van der Waals surface area (Å²) in [6, 6.07) is 16.6. The molecule has 0 aliphatic carbocycles. The smallest absolute Gasteiger partial charge is 0.256 e. The Hall–Kier alpha value is -3.09. The van der Waals surface area contributed by atoms with Gasteiger partial charge in [-0.25, -0.2) is 0 Å². The predicted molar refractivity (Wildman–Crippen MR) is 132 cm³/mol. The zero-order chi connectivity index (χ0) is 23.4. The molecule has 170 valence electrons. The highest BCUT2D eigenvalue weighted by Gasteiger charge is 2.34. The summed E-state index contributed by atoms with van der Waals surface area (Å²) >= 11 is 7.96. The van der Waals surface area contributed by atoms with E-state index in [9.17, 15) is 9.59 Å². The van der Waals surface area contributed by atoms with Crippen molar-refractivity contribution >= 4 is 34.8 Å². The first-order valence-corrected chi connectivity index (χ1v) is 11.9. The van der Waals surface area contributed by atoms with Gasteiger partial charge in [0.15, 0.2) is 0 Å². The van der Waals surface area contributed by atoms with Crippen molar-refractivity contribution in [2.24, 2.45) is 0 Å². The molecule has 0 saturated carbocycles. The van der Waals surface area contributed by atoms with Gasteiger partial charge in [-0.05, 0) is 53.3 Å². The van der Waals surface area contributed by atoms with E-state index in [0.717, 1.165) is 23.3 Å². The van der Waals surface area contributed by atoms with Crippen LogP contribution in [0.3, 0.4) is 0 Å². The van der Waals surface area contributed by atoms with Crippen molar-refractivity contribution in [1.29, 1.82) is 0 Å². The molecule has 1 unspecified atom stereocenters. The van der Waals surface area contributed by atoms with Gasteiger partial charge in [0, 0.05) is 18.0 Å². The highest BCUT2D eigenvalue weighted by molar-refractivity contribution is 7.10. The third-order valence-corrected chi connectivity index (χ3v) is 7.11. The number of hydrogen-bond acceptors (Lipinski definition) is 4. The maximum absolute atomic E-state index is 13.6. The SMILES string of the molecule is C=CCN(CC(=O)N1CCc2sccc2C1c1ccc(OC)cc1)C(=O)c1ccccc1Cl. The minimum absolute atomic E-state index is 0.0534. The van der Waals surface area contributed by atoms with Crippen molar-refractivity contribution in [2.75, 3.05) is 26.7 Å². The summed E-state index contributed by atoms with van der Waals surface area (Å²) in [6.07, 6.45) is 2.42. The van der Waals surface area contributed by atoms with E-state index in [4.69, 9.17) is 16.3 Å². The van der Waals surface area contributed by atoms with Crippen LogP contribution in [0.15, 0.2) is 72.6 Å². The van der Waals surface area contributed by atoms with E-state index in [1.165, 1.54) is 9.78 Å². The summed E-state index contributed by atoms with van der Waals surface area (Å²) in [7, 11) is 1.63. The number of amides is 2. The molecule has 0 fully saturated rings. The van der Waals surface area contributed by atoms with Crippen LogP contribution >= 0.6 is 22.9 Å². The fourth-order valence-electron chi connectivity index (χ4n) is 4.16. The Morgan fingerprint density at radius 1 is 1.21 bits per heavy atom. The molecule has 4 rings (SSSR count). The van der Waals surface area contributed by atoms with Crippen LogP contribution in [0.1, 0.15) is 32.4 Å². The van der Waals surface area contributed by atoms with Gasteiger partial charge in [-0.2, -0.15) is 0 Å². The minimum Gasteiger partial charge on any atom is -0.497 e. The number of methoxy groups -OCH3 is 1. The molecule has 33 heavy (non-hydrogen) atoms. The highest BCUT2D eigenvalue weighted by atomic mass is 35.5. The molecule has 0 bridgehead atoms. The van der Waals surface area contributed by atoms with Gasteiger partial charge in [-0.1, -0.05) is 41.9 Å². The fraction of sp³-hybridized carbons (Fsp3) is 0.231. The maximum Gasteiger partial charge on any atom is 0.256 e. The second-order valence-corrected chi connectivity index (χ2v) is 9.17. The first-order valence-electron chi connectivity index (χ1n) is 10.7. The van der Waals surface area contributed by atoms with Crippen LogP contribution in [0.25, 0.3) is 0 Å². The number of rotatable bonds is 7. The number of benzene rings is 2. The Kier molecular flexibility index (Phi) is 7.16. The minimum atomic E-state index is -0.289. The monoisotopic (exact) mass is 480 g/mol. The Morgan fingerprint density at radius 3 is 2.67 bits per heavy atom. The number of hydrogen-bond donors (Lipinski definition) is 0. The zero-order valence-corrected chi connectivity index (χ0v) is 19.9. The average molecular weight is 481 g/mol. The quantitative estimate of drug-likeness (QED) is 0.436. The van der Waals surface area contributed by atoms with Gasteiger partial charge in [0.25, 0.3) is 5.91 Å². The number of thiophene rings is 1. The van der Waals surface area contributed by atoms with E-state index < -0.39 is 0 Å². The van der Waals surface area contributed by atoms with Crippen LogP contribution in [-0.4, -0.2) is 48.4 Å². The van der Waals surface area contributed by atoms with Gasteiger partial charge in [0.05, 0.1) is 23.7 Å². The van der Waals surface area contributed by atoms with E-state index in [1.807, 2.05) is 29.2 Å². The summed E-state index contributed by atoms with van der Waals surface area (Å²) in [6.45, 7) is 4.54. The van der Waals surface area contributed by atoms with Gasteiger partial charge in [-0.15, -0.1) is 17.9 Å². The van der Waals surface area contributed by atoms with Crippen molar-refractivity contribution in [2.45, 2.75) is 12.5 Å². The zero-order valence-electron chi connectivity index (χ0n) is 18.4. The van der Waals surface area contributed by atoms with Gasteiger partial charge in [-0.3, -0.25) is 9.59 Å². The number of nitrogens with zero attached hydrogens (tertiary/aromatic N) is 2. The summed E-state index contributed by atoms with van der Waals surface area (Å²) in [5.74, 6) is 0.360. The Balaban J connectivity index is 1.62. The summed E-state index contributed by atoms with van der Waals surface area (Å²) < 4.78 is 5.30.